The molecule has 16 heavy (non-hydrogen) atoms. The molecule has 1 aliphatic heterocycles. The van der Waals surface area contributed by atoms with Crippen LogP contribution in [0.1, 0.15) is 51.9 Å². The van der Waals surface area contributed by atoms with E-state index in [1.165, 1.54) is 50.0 Å². The minimum atomic E-state index is 0.422. The maximum absolute atomic E-state index is 12.2. The van der Waals surface area contributed by atoms with Crippen molar-refractivity contribution in [2.45, 2.75) is 51.9 Å². The highest BCUT2D eigenvalue weighted by Gasteiger charge is 2.26. The van der Waals surface area contributed by atoms with E-state index in [1.807, 2.05) is 0 Å². The summed E-state index contributed by atoms with van der Waals surface area (Å²) in [7, 11) is 0. The molecule has 0 radical (unpaired) electrons. The van der Waals surface area contributed by atoms with E-state index in [2.05, 4.69) is 18.7 Å². The predicted molar refractivity (Wildman–Crippen MR) is 70.8 cm³/mol. The molecule has 2 fully saturated rings. The fraction of sp³-hybridized carbons (Fsp3) is 0.929. The molecule has 1 nitrogen and oxygen atoms in total. The van der Waals surface area contributed by atoms with Crippen LogP contribution in [0.2, 0.25) is 0 Å². The minimum Gasteiger partial charge on any atom is -0.299 e. The first kappa shape index (κ1) is 12.5. The third-order valence-corrected chi connectivity index (χ3v) is 5.35. The Morgan fingerprint density at radius 1 is 1.06 bits per heavy atom. The van der Waals surface area contributed by atoms with E-state index < -0.39 is 0 Å². The molecule has 0 spiro atoms. The average molecular weight is 240 g/mol. The largest absolute Gasteiger partial charge is 0.299 e. The third-order valence-electron chi connectivity index (χ3n) is 4.30. The van der Waals surface area contributed by atoms with Crippen LogP contribution < -0.4 is 0 Å². The molecule has 0 aromatic carbocycles. The van der Waals surface area contributed by atoms with Gasteiger partial charge in [0, 0.05) is 12.3 Å². The lowest BCUT2D eigenvalue weighted by Gasteiger charge is -2.27. The molecule has 1 aliphatic carbocycles. The molecule has 0 bridgehead atoms. The summed E-state index contributed by atoms with van der Waals surface area (Å²) in [5, 5.41) is 0. The van der Waals surface area contributed by atoms with Crippen LogP contribution in [0.5, 0.6) is 0 Å². The Morgan fingerprint density at radius 3 is 2.31 bits per heavy atom. The zero-order valence-electron chi connectivity index (χ0n) is 10.4. The van der Waals surface area contributed by atoms with Gasteiger partial charge < -0.3 is 0 Å². The Bertz CT molecular complexity index is 225. The van der Waals surface area contributed by atoms with E-state index in [0.29, 0.717) is 17.6 Å². The topological polar surface area (TPSA) is 17.1 Å². The summed E-state index contributed by atoms with van der Waals surface area (Å²) in [5.74, 6) is 5.14. The number of hydrogen-bond acceptors (Lipinski definition) is 2. The first-order valence-electron chi connectivity index (χ1n) is 6.86. The summed E-state index contributed by atoms with van der Waals surface area (Å²) in [6, 6.07) is 0. The van der Waals surface area contributed by atoms with Gasteiger partial charge in [-0.15, -0.1) is 0 Å². The predicted octanol–water partition coefficient (Wildman–Crippen LogP) is 3.92. The highest BCUT2D eigenvalue weighted by atomic mass is 32.2. The second kappa shape index (κ2) is 6.09. The standard InChI is InChI=1S/C14H24OS/c1-11-2-4-13(5-3-11)14(15)10-12-6-8-16-9-7-12/h11-13H,2-10H2,1H3. The molecule has 1 saturated carbocycles. The van der Waals surface area contributed by atoms with Gasteiger partial charge in [0.05, 0.1) is 0 Å². The molecule has 2 rings (SSSR count). The van der Waals surface area contributed by atoms with E-state index in [9.17, 15) is 4.79 Å². The van der Waals surface area contributed by atoms with Crippen LogP contribution in [0.15, 0.2) is 0 Å². The summed E-state index contributed by atoms with van der Waals surface area (Å²) in [4.78, 5) is 12.2. The summed E-state index contributed by atoms with van der Waals surface area (Å²) in [6.45, 7) is 2.32. The lowest BCUT2D eigenvalue weighted by atomic mass is 9.78. The molecule has 0 unspecified atom stereocenters. The Morgan fingerprint density at radius 2 is 1.69 bits per heavy atom. The number of carbonyl (C=O) groups is 1. The van der Waals surface area contributed by atoms with Crippen molar-refractivity contribution in [3.05, 3.63) is 0 Å². The SMILES string of the molecule is CC1CCC(C(=O)CC2CCSCC2)CC1. The van der Waals surface area contributed by atoms with Crippen LogP contribution in [0.3, 0.4) is 0 Å². The fourth-order valence-electron chi connectivity index (χ4n) is 2.98. The van der Waals surface area contributed by atoms with Crippen LogP contribution >= 0.6 is 11.8 Å². The van der Waals surface area contributed by atoms with Crippen LogP contribution in [-0.4, -0.2) is 17.3 Å². The number of hydrogen-bond donors (Lipinski definition) is 0. The maximum Gasteiger partial charge on any atom is 0.136 e. The van der Waals surface area contributed by atoms with Crippen LogP contribution in [-0.2, 0) is 4.79 Å². The second-order valence-electron chi connectivity index (χ2n) is 5.68. The number of Topliss-reactive ketones (excluding diaryl/α,β-unsaturated/α-hetero) is 1. The Labute approximate surface area is 104 Å². The van der Waals surface area contributed by atoms with Crippen molar-refractivity contribution in [3.8, 4) is 0 Å². The number of rotatable bonds is 3. The van der Waals surface area contributed by atoms with Gasteiger partial charge in [-0.05, 0) is 49.0 Å². The Balaban J connectivity index is 1.74. The molecule has 0 aromatic heterocycles. The van der Waals surface area contributed by atoms with Crippen LogP contribution in [0, 0.1) is 17.8 Å². The summed E-state index contributed by atoms with van der Waals surface area (Å²) in [5.41, 5.74) is 0. The molecule has 1 heterocycles. The molecule has 2 aliphatic rings. The monoisotopic (exact) mass is 240 g/mol. The highest BCUT2D eigenvalue weighted by Crippen LogP contribution is 2.32. The molecule has 1 saturated heterocycles. The van der Waals surface area contributed by atoms with Crippen molar-refractivity contribution < 1.29 is 4.79 Å². The molecule has 0 amide bonds. The fourth-order valence-corrected chi connectivity index (χ4v) is 4.19. The third kappa shape index (κ3) is 3.51. The first-order valence-corrected chi connectivity index (χ1v) is 8.01. The molecule has 0 atom stereocenters. The maximum atomic E-state index is 12.2. The summed E-state index contributed by atoms with van der Waals surface area (Å²) >= 11 is 2.05. The lowest BCUT2D eigenvalue weighted by Crippen LogP contribution is -2.24. The van der Waals surface area contributed by atoms with E-state index in [0.717, 1.165) is 12.3 Å². The smallest absolute Gasteiger partial charge is 0.136 e. The zero-order valence-corrected chi connectivity index (χ0v) is 11.2. The lowest BCUT2D eigenvalue weighted by molar-refractivity contribution is -0.125. The first-order chi connectivity index (χ1) is 7.75. The van der Waals surface area contributed by atoms with Gasteiger partial charge in [0.1, 0.15) is 5.78 Å². The minimum absolute atomic E-state index is 0.422. The van der Waals surface area contributed by atoms with Gasteiger partial charge in [0.15, 0.2) is 0 Å². The molecular formula is C14H24OS. The van der Waals surface area contributed by atoms with Crippen LogP contribution in [0.25, 0.3) is 0 Å². The summed E-state index contributed by atoms with van der Waals surface area (Å²) in [6.07, 6.45) is 8.33. The molecule has 2 heteroatoms. The Hall–Kier alpha value is 0.0200. The van der Waals surface area contributed by atoms with Gasteiger partial charge in [0.25, 0.3) is 0 Å². The molecular weight excluding hydrogens is 216 g/mol. The molecule has 0 N–H and O–H groups in total. The number of ketones is 1. The van der Waals surface area contributed by atoms with Gasteiger partial charge in [0.2, 0.25) is 0 Å². The number of carbonyl (C=O) groups excluding carboxylic acids is 1. The van der Waals surface area contributed by atoms with Crippen molar-refractivity contribution in [3.63, 3.8) is 0 Å². The van der Waals surface area contributed by atoms with E-state index in [-0.39, 0.29) is 0 Å². The van der Waals surface area contributed by atoms with Crippen LogP contribution in [0.4, 0.5) is 0 Å². The zero-order chi connectivity index (χ0) is 11.4. The average Bonchev–Trinajstić information content (AvgIpc) is 2.31. The van der Waals surface area contributed by atoms with E-state index in [1.54, 1.807) is 0 Å². The van der Waals surface area contributed by atoms with Crippen molar-refractivity contribution in [2.75, 3.05) is 11.5 Å². The normalized spacial score (nSPS) is 32.6. The highest BCUT2D eigenvalue weighted by molar-refractivity contribution is 7.99. The Kier molecular flexibility index (Phi) is 4.75. The second-order valence-corrected chi connectivity index (χ2v) is 6.91. The van der Waals surface area contributed by atoms with Gasteiger partial charge in [-0.25, -0.2) is 0 Å². The van der Waals surface area contributed by atoms with E-state index in [4.69, 9.17) is 0 Å². The van der Waals surface area contributed by atoms with Crippen molar-refractivity contribution in [2.24, 2.45) is 17.8 Å². The quantitative estimate of drug-likeness (QED) is 0.744. The summed E-state index contributed by atoms with van der Waals surface area (Å²) < 4.78 is 0. The van der Waals surface area contributed by atoms with E-state index >= 15 is 0 Å². The van der Waals surface area contributed by atoms with Gasteiger partial charge in [-0.3, -0.25) is 4.79 Å². The van der Waals surface area contributed by atoms with Gasteiger partial charge in [-0.1, -0.05) is 19.8 Å². The van der Waals surface area contributed by atoms with Gasteiger partial charge >= 0.3 is 0 Å². The molecule has 92 valence electrons. The van der Waals surface area contributed by atoms with Crippen molar-refractivity contribution in [1.82, 2.24) is 0 Å². The van der Waals surface area contributed by atoms with Crippen molar-refractivity contribution in [1.29, 1.82) is 0 Å². The van der Waals surface area contributed by atoms with Gasteiger partial charge in [-0.2, -0.15) is 11.8 Å². The van der Waals surface area contributed by atoms with Crippen molar-refractivity contribution >= 4 is 17.5 Å². The number of thioether (sulfide) groups is 1. The molecule has 0 aromatic rings.